The van der Waals surface area contributed by atoms with E-state index in [0.29, 0.717) is 12.2 Å². The monoisotopic (exact) mass is 628 g/mol. The van der Waals surface area contributed by atoms with Crippen LogP contribution < -0.4 is 0 Å². The molecule has 0 fully saturated rings. The first kappa shape index (κ1) is 43.9. The van der Waals surface area contributed by atoms with Gasteiger partial charge in [-0.2, -0.15) is 0 Å². The number of hydrogen-bond acceptors (Lipinski definition) is 2. The van der Waals surface area contributed by atoms with Gasteiger partial charge in [-0.15, -0.1) is 0 Å². The van der Waals surface area contributed by atoms with Crippen LogP contribution in [0.2, 0.25) is 0 Å². The molecule has 0 aliphatic heterocycles. The molecule has 0 rings (SSSR count). The molecule has 45 heavy (non-hydrogen) atoms. The summed E-state index contributed by atoms with van der Waals surface area (Å²) in [4.78, 5) is 2.28. The average Bonchev–Trinajstić information content (AvgIpc) is 3.03. The molecule has 0 aromatic rings. The molecule has 0 saturated heterocycles. The lowest BCUT2D eigenvalue weighted by Crippen LogP contribution is -2.24. The summed E-state index contributed by atoms with van der Waals surface area (Å²) in [5.41, 5.74) is 0. The normalized spacial score (nSPS) is 13.3. The van der Waals surface area contributed by atoms with Gasteiger partial charge >= 0.3 is 0 Å². The van der Waals surface area contributed by atoms with E-state index in [0.717, 1.165) is 25.8 Å². The van der Waals surface area contributed by atoms with Crippen LogP contribution in [-0.4, -0.2) is 37.7 Å². The van der Waals surface area contributed by atoms with Gasteiger partial charge in [-0.1, -0.05) is 152 Å². The highest BCUT2D eigenvalue weighted by Crippen LogP contribution is 2.19. The van der Waals surface area contributed by atoms with E-state index < -0.39 is 0 Å². The van der Waals surface area contributed by atoms with Crippen LogP contribution >= 0.6 is 0 Å². The van der Waals surface area contributed by atoms with E-state index in [1.54, 1.807) is 0 Å². The lowest BCUT2D eigenvalue weighted by Gasteiger charge is -2.24. The highest BCUT2D eigenvalue weighted by atomic mass is 16.5. The smallest absolute Gasteiger partial charge is 0.0578 e. The zero-order valence-corrected chi connectivity index (χ0v) is 31.4. The molecule has 0 N–H and O–H groups in total. The lowest BCUT2D eigenvalue weighted by atomic mass is 10.0. The van der Waals surface area contributed by atoms with Gasteiger partial charge in [0.05, 0.1) is 12.2 Å². The number of rotatable bonds is 35. The van der Waals surface area contributed by atoms with Gasteiger partial charge in [-0.25, -0.2) is 0 Å². The molecule has 2 nitrogen and oxygen atoms in total. The number of allylic oxidation sites excluding steroid dienone is 8. The summed E-state index contributed by atoms with van der Waals surface area (Å²) in [6, 6.07) is 0. The molecule has 0 spiro atoms. The molecule has 0 unspecified atom stereocenters. The van der Waals surface area contributed by atoms with Crippen molar-refractivity contribution in [1.29, 1.82) is 0 Å². The van der Waals surface area contributed by atoms with Crippen LogP contribution in [-0.2, 0) is 4.74 Å². The maximum Gasteiger partial charge on any atom is 0.0578 e. The van der Waals surface area contributed by atoms with Crippen LogP contribution in [0, 0.1) is 0 Å². The zero-order valence-electron chi connectivity index (χ0n) is 31.4. The number of nitrogens with zero attached hydrogens (tertiary/aromatic N) is 1. The standard InChI is InChI=1S/C43H81NO/c1-6-8-10-12-14-16-18-20-22-24-26-28-30-32-34-36-38-43(45-42(3)40-41-44(4)5)39-37-35-33-31-29-27-25-23-21-19-17-15-13-11-9-7-2/h14-17,20-23,42-43H,6-13,18-19,24-41H2,1-5H3/b16-14-,17-15-,22-20-,23-21-/t42-/m0/s1. The molecule has 0 amide bonds. The fraction of sp³-hybridized carbons (Fsp3) is 0.814. The number of ether oxygens (including phenoxy) is 1. The SMILES string of the molecule is CCCCC/C=C\C/C=C\CCCCCCCCC(CCCCCCCC/C=C\C/C=C\CCCCC)O[C@@H](C)CCN(C)C. The van der Waals surface area contributed by atoms with Crippen molar-refractivity contribution in [2.45, 2.75) is 206 Å². The van der Waals surface area contributed by atoms with E-state index in [-0.39, 0.29) is 0 Å². The van der Waals surface area contributed by atoms with Gasteiger partial charge in [0.25, 0.3) is 0 Å². The van der Waals surface area contributed by atoms with E-state index in [1.165, 1.54) is 154 Å². The van der Waals surface area contributed by atoms with Gasteiger partial charge in [-0.3, -0.25) is 0 Å². The highest BCUT2D eigenvalue weighted by Gasteiger charge is 2.13. The maximum absolute atomic E-state index is 6.60. The van der Waals surface area contributed by atoms with E-state index in [9.17, 15) is 0 Å². The third-order valence-electron chi connectivity index (χ3n) is 8.86. The Bertz CT molecular complexity index is 627. The van der Waals surface area contributed by atoms with Crippen molar-refractivity contribution < 1.29 is 4.74 Å². The van der Waals surface area contributed by atoms with Crippen LogP contribution in [0.3, 0.4) is 0 Å². The van der Waals surface area contributed by atoms with Gasteiger partial charge in [0.1, 0.15) is 0 Å². The van der Waals surface area contributed by atoms with Crippen molar-refractivity contribution in [1.82, 2.24) is 4.90 Å². The van der Waals surface area contributed by atoms with Crippen molar-refractivity contribution in [2.24, 2.45) is 0 Å². The molecule has 264 valence electrons. The largest absolute Gasteiger partial charge is 0.375 e. The van der Waals surface area contributed by atoms with Gasteiger partial charge < -0.3 is 9.64 Å². The second kappa shape index (κ2) is 37.3. The maximum atomic E-state index is 6.60. The third-order valence-corrected chi connectivity index (χ3v) is 8.86. The predicted molar refractivity (Wildman–Crippen MR) is 205 cm³/mol. The van der Waals surface area contributed by atoms with Crippen molar-refractivity contribution in [2.75, 3.05) is 20.6 Å². The predicted octanol–water partition coefficient (Wildman–Crippen LogP) is 14.1. The molecule has 0 aliphatic rings. The quantitative estimate of drug-likeness (QED) is 0.0512. The summed E-state index contributed by atoms with van der Waals surface area (Å²) in [6.45, 7) is 7.94. The van der Waals surface area contributed by atoms with E-state index >= 15 is 0 Å². The highest BCUT2D eigenvalue weighted by molar-refractivity contribution is 4.93. The van der Waals surface area contributed by atoms with Crippen LogP contribution in [0.4, 0.5) is 0 Å². The Morgan fingerprint density at radius 2 is 0.800 bits per heavy atom. The molecule has 0 saturated carbocycles. The fourth-order valence-corrected chi connectivity index (χ4v) is 5.84. The van der Waals surface area contributed by atoms with Crippen molar-refractivity contribution in [3.8, 4) is 0 Å². The molecule has 0 heterocycles. The molecule has 2 heteroatoms. The fourth-order valence-electron chi connectivity index (χ4n) is 5.84. The molecule has 0 aliphatic carbocycles. The summed E-state index contributed by atoms with van der Waals surface area (Å²) in [5, 5.41) is 0. The minimum atomic E-state index is 0.367. The Labute approximate surface area is 284 Å². The Hall–Kier alpha value is -1.12. The topological polar surface area (TPSA) is 12.5 Å². The summed E-state index contributed by atoms with van der Waals surface area (Å²) in [5.74, 6) is 0. The second-order valence-electron chi connectivity index (χ2n) is 13.9. The third kappa shape index (κ3) is 37.2. The van der Waals surface area contributed by atoms with Crippen molar-refractivity contribution in [3.63, 3.8) is 0 Å². The van der Waals surface area contributed by atoms with Gasteiger partial charge in [0, 0.05) is 0 Å². The second-order valence-corrected chi connectivity index (χ2v) is 13.9. The Morgan fingerprint density at radius 1 is 0.444 bits per heavy atom. The van der Waals surface area contributed by atoms with Crippen molar-refractivity contribution >= 4 is 0 Å². The van der Waals surface area contributed by atoms with Crippen LogP contribution in [0.25, 0.3) is 0 Å². The Balaban J connectivity index is 3.95. The van der Waals surface area contributed by atoms with E-state index in [4.69, 9.17) is 4.74 Å². The van der Waals surface area contributed by atoms with E-state index in [2.05, 4.69) is 88.4 Å². The first-order valence-electron chi connectivity index (χ1n) is 20.0. The molecule has 0 bridgehead atoms. The number of unbranched alkanes of at least 4 members (excludes halogenated alkanes) is 18. The Kier molecular flexibility index (Phi) is 36.4. The van der Waals surface area contributed by atoms with Crippen LogP contribution in [0.1, 0.15) is 194 Å². The minimum absolute atomic E-state index is 0.367. The summed E-state index contributed by atoms with van der Waals surface area (Å²) < 4.78 is 6.60. The minimum Gasteiger partial charge on any atom is -0.375 e. The van der Waals surface area contributed by atoms with E-state index in [1.807, 2.05) is 0 Å². The summed E-state index contributed by atoms with van der Waals surface area (Å²) in [7, 11) is 4.33. The van der Waals surface area contributed by atoms with Gasteiger partial charge in [-0.05, 0) is 111 Å². The summed E-state index contributed by atoms with van der Waals surface area (Å²) >= 11 is 0. The summed E-state index contributed by atoms with van der Waals surface area (Å²) in [6.07, 6.45) is 55.0. The number of hydrogen-bond donors (Lipinski definition) is 0. The van der Waals surface area contributed by atoms with Crippen molar-refractivity contribution in [3.05, 3.63) is 48.6 Å². The zero-order chi connectivity index (χ0) is 32.9. The molecule has 0 aromatic heterocycles. The van der Waals surface area contributed by atoms with Crippen LogP contribution in [0.5, 0.6) is 0 Å². The first-order valence-corrected chi connectivity index (χ1v) is 20.0. The lowest BCUT2D eigenvalue weighted by molar-refractivity contribution is -0.0193. The molecule has 0 radical (unpaired) electrons. The Morgan fingerprint density at radius 3 is 1.18 bits per heavy atom. The first-order chi connectivity index (χ1) is 22.1. The molecular weight excluding hydrogens is 546 g/mol. The molecular formula is C43H81NO. The molecule has 0 aromatic carbocycles. The molecule has 1 atom stereocenters. The average molecular weight is 628 g/mol. The van der Waals surface area contributed by atoms with Crippen LogP contribution in [0.15, 0.2) is 48.6 Å². The van der Waals surface area contributed by atoms with Gasteiger partial charge in [0.15, 0.2) is 0 Å². The van der Waals surface area contributed by atoms with Gasteiger partial charge in [0.2, 0.25) is 0 Å².